The van der Waals surface area contributed by atoms with Gasteiger partial charge in [0.05, 0.1) is 16.8 Å². The first kappa shape index (κ1) is 21.6. The second-order valence-corrected chi connectivity index (χ2v) is 8.16. The van der Waals surface area contributed by atoms with E-state index in [2.05, 4.69) is 14.7 Å². The molecule has 0 saturated heterocycles. The van der Waals surface area contributed by atoms with E-state index in [0.29, 0.717) is 4.73 Å². The van der Waals surface area contributed by atoms with E-state index in [1.54, 1.807) is 19.1 Å². The number of aromatic nitrogens is 3. The Labute approximate surface area is 170 Å². The van der Waals surface area contributed by atoms with Crippen molar-refractivity contribution in [1.82, 2.24) is 9.97 Å². The summed E-state index contributed by atoms with van der Waals surface area (Å²) < 4.78 is 73.1. The Morgan fingerprint density at radius 3 is 2.30 bits per heavy atom. The first-order valence-corrected chi connectivity index (χ1v) is 10.4. The molecule has 2 heterocycles. The van der Waals surface area contributed by atoms with Gasteiger partial charge in [0.2, 0.25) is 21.9 Å². The van der Waals surface area contributed by atoms with Gasteiger partial charge in [-0.05, 0) is 18.6 Å². The fraction of sp³-hybridized carbons (Fsp3) is 0.278. The maximum atomic E-state index is 13.7. The first-order valence-electron chi connectivity index (χ1n) is 8.78. The zero-order chi connectivity index (χ0) is 21.9. The highest BCUT2D eigenvalue weighted by atomic mass is 32.2. The van der Waals surface area contributed by atoms with E-state index in [0.717, 1.165) is 24.5 Å². The Kier molecular flexibility index (Phi) is 5.97. The number of alkyl halides is 3. The van der Waals surface area contributed by atoms with Crippen LogP contribution in [0.5, 0.6) is 5.88 Å². The van der Waals surface area contributed by atoms with Gasteiger partial charge in [0.1, 0.15) is 0 Å². The summed E-state index contributed by atoms with van der Waals surface area (Å²) in [5.74, 6) is -1.34. The Hall–Kier alpha value is -3.15. The minimum absolute atomic E-state index is 0.220. The average molecular weight is 442 g/mol. The topological polar surface area (TPSA) is 108 Å². The van der Waals surface area contributed by atoms with Crippen molar-refractivity contribution in [3.05, 3.63) is 59.6 Å². The summed E-state index contributed by atoms with van der Waals surface area (Å²) >= 11 is 0. The summed E-state index contributed by atoms with van der Waals surface area (Å²) in [6.07, 6.45) is -5.29. The zero-order valence-electron chi connectivity index (χ0n) is 15.6. The lowest BCUT2D eigenvalue weighted by molar-refractivity contribution is -0.605. The summed E-state index contributed by atoms with van der Waals surface area (Å²) in [4.78, 5) is 8.12. The van der Waals surface area contributed by atoms with Crippen LogP contribution < -0.4 is 14.2 Å². The van der Waals surface area contributed by atoms with Crippen molar-refractivity contribution >= 4 is 26.9 Å². The zero-order valence-corrected chi connectivity index (χ0v) is 16.4. The molecule has 0 radical (unpaired) electrons. The number of fused-ring (bicyclic) bond motifs is 1. The molecule has 1 N–H and O–H groups in total. The molecule has 2 aromatic heterocycles. The van der Waals surface area contributed by atoms with Crippen LogP contribution in [0.25, 0.3) is 11.0 Å². The molecule has 1 aromatic carbocycles. The molecule has 3 rings (SSSR count). The Balaban J connectivity index is 2.09. The number of nitrogens with one attached hydrogen (secondary N) is 1. The van der Waals surface area contributed by atoms with Gasteiger partial charge in [0.15, 0.2) is 12.4 Å². The van der Waals surface area contributed by atoms with Crippen LogP contribution in [0.1, 0.15) is 25.0 Å². The highest BCUT2D eigenvalue weighted by Gasteiger charge is 2.44. The quantitative estimate of drug-likeness (QED) is 0.445. The van der Waals surface area contributed by atoms with E-state index in [1.807, 2.05) is 0 Å². The molecule has 0 aliphatic rings. The molecule has 1 atom stereocenters. The molecule has 0 aliphatic heterocycles. The number of benzene rings is 1. The Morgan fingerprint density at radius 1 is 1.13 bits per heavy atom. The fourth-order valence-electron chi connectivity index (χ4n) is 2.63. The molecule has 160 valence electrons. The summed E-state index contributed by atoms with van der Waals surface area (Å²) in [5, 5.41) is 11.2. The number of nitrogens with zero attached hydrogens (tertiary/aromatic N) is 3. The largest absolute Gasteiger partial charge is 0.619 e. The summed E-state index contributed by atoms with van der Waals surface area (Å²) in [5.41, 5.74) is 0.138. The fourth-order valence-corrected chi connectivity index (χ4v) is 3.70. The molecule has 0 amide bonds. The van der Waals surface area contributed by atoms with E-state index in [9.17, 15) is 26.8 Å². The molecular formula is C18H17F3N4O4S. The predicted molar refractivity (Wildman–Crippen MR) is 102 cm³/mol. The molecule has 30 heavy (non-hydrogen) atoms. The van der Waals surface area contributed by atoms with Crippen molar-refractivity contribution < 1.29 is 31.1 Å². The van der Waals surface area contributed by atoms with Crippen LogP contribution in [0.4, 0.5) is 19.0 Å². The smallest absolute Gasteiger partial charge is 0.429 e. The molecule has 12 heteroatoms. The molecule has 0 saturated carbocycles. The maximum Gasteiger partial charge on any atom is 0.429 e. The lowest BCUT2D eigenvalue weighted by Crippen LogP contribution is -2.30. The molecule has 0 bridgehead atoms. The average Bonchev–Trinajstić information content (AvgIpc) is 2.66. The number of rotatable bonds is 7. The highest BCUT2D eigenvalue weighted by Crippen LogP contribution is 2.38. The molecular weight excluding hydrogens is 425 g/mol. The number of sulfonamides is 1. The summed E-state index contributed by atoms with van der Waals surface area (Å²) in [7, 11) is -3.88. The second-order valence-electron chi connectivity index (χ2n) is 6.32. The van der Waals surface area contributed by atoms with Gasteiger partial charge in [-0.15, -0.1) is 0 Å². The van der Waals surface area contributed by atoms with Crippen molar-refractivity contribution in [1.29, 1.82) is 0 Å². The van der Waals surface area contributed by atoms with Gasteiger partial charge in [0, 0.05) is 17.7 Å². The van der Waals surface area contributed by atoms with Crippen LogP contribution >= 0.6 is 0 Å². The van der Waals surface area contributed by atoms with Crippen molar-refractivity contribution in [3.63, 3.8) is 0 Å². The van der Waals surface area contributed by atoms with Gasteiger partial charge in [-0.1, -0.05) is 19.1 Å². The third-order valence-corrected chi connectivity index (χ3v) is 5.37. The van der Waals surface area contributed by atoms with Crippen molar-refractivity contribution in [2.24, 2.45) is 0 Å². The number of pyridine rings is 1. The highest BCUT2D eigenvalue weighted by molar-refractivity contribution is 7.92. The lowest BCUT2D eigenvalue weighted by Gasteiger charge is -2.22. The van der Waals surface area contributed by atoms with Crippen LogP contribution in [0, 0.1) is 5.21 Å². The number of halogens is 3. The molecule has 0 aliphatic carbocycles. The standard InChI is InChI=1S/C18H17F3N4O4S/c1-2-11-30(27,28)24-16-17(23-14-6-4-3-5-13(14)22-16)29-15(18(19,20)21)12-7-9-25(26)10-8-12/h3-10,15H,2,11H2,1H3,(H,22,24). The number of para-hydroxylation sites is 2. The maximum absolute atomic E-state index is 13.7. The minimum Gasteiger partial charge on any atom is -0.619 e. The van der Waals surface area contributed by atoms with E-state index in [4.69, 9.17) is 4.74 Å². The normalized spacial score (nSPS) is 13.2. The minimum atomic E-state index is -4.87. The van der Waals surface area contributed by atoms with Crippen LogP contribution in [-0.4, -0.2) is 30.3 Å². The number of hydrogen-bond donors (Lipinski definition) is 1. The first-order chi connectivity index (χ1) is 14.1. The van der Waals surface area contributed by atoms with E-state index in [-0.39, 0.29) is 28.8 Å². The second kappa shape index (κ2) is 8.30. The van der Waals surface area contributed by atoms with E-state index in [1.165, 1.54) is 12.1 Å². The summed E-state index contributed by atoms with van der Waals surface area (Å²) in [6.45, 7) is 1.64. The van der Waals surface area contributed by atoms with Crippen molar-refractivity contribution in [3.8, 4) is 5.88 Å². The molecule has 0 spiro atoms. The van der Waals surface area contributed by atoms with Crippen molar-refractivity contribution in [2.45, 2.75) is 25.6 Å². The SMILES string of the molecule is CCCS(=O)(=O)Nc1nc2ccccc2nc1OC(c1cc[n+]([O-])cc1)C(F)(F)F. The molecule has 8 nitrogen and oxygen atoms in total. The molecule has 3 aromatic rings. The number of ether oxygens (including phenoxy) is 1. The predicted octanol–water partition coefficient (Wildman–Crippen LogP) is 3.10. The van der Waals surface area contributed by atoms with Crippen LogP contribution in [0.15, 0.2) is 48.8 Å². The van der Waals surface area contributed by atoms with Gasteiger partial charge < -0.3 is 9.94 Å². The van der Waals surface area contributed by atoms with Crippen LogP contribution in [-0.2, 0) is 10.0 Å². The van der Waals surface area contributed by atoms with Gasteiger partial charge in [-0.25, -0.2) is 18.4 Å². The lowest BCUT2D eigenvalue weighted by atomic mass is 10.1. The van der Waals surface area contributed by atoms with E-state index < -0.39 is 34.0 Å². The third-order valence-electron chi connectivity index (χ3n) is 3.92. The molecule has 1 unspecified atom stereocenters. The van der Waals surface area contributed by atoms with Crippen LogP contribution in [0.2, 0.25) is 0 Å². The monoisotopic (exact) mass is 442 g/mol. The number of anilines is 1. The Morgan fingerprint density at radius 2 is 1.73 bits per heavy atom. The molecule has 0 fully saturated rings. The van der Waals surface area contributed by atoms with Gasteiger partial charge in [0.25, 0.3) is 5.88 Å². The Bertz CT molecular complexity index is 1140. The van der Waals surface area contributed by atoms with Gasteiger partial charge in [-0.2, -0.15) is 17.9 Å². The summed E-state index contributed by atoms with van der Waals surface area (Å²) in [6, 6.07) is 8.19. The van der Waals surface area contributed by atoms with Gasteiger partial charge >= 0.3 is 6.18 Å². The van der Waals surface area contributed by atoms with Gasteiger partial charge in [-0.3, -0.25) is 4.72 Å². The van der Waals surface area contributed by atoms with E-state index >= 15 is 0 Å². The number of hydrogen-bond acceptors (Lipinski definition) is 6. The van der Waals surface area contributed by atoms with Crippen molar-refractivity contribution in [2.75, 3.05) is 10.5 Å². The van der Waals surface area contributed by atoms with Crippen LogP contribution in [0.3, 0.4) is 0 Å². The third kappa shape index (κ3) is 5.06.